The van der Waals surface area contributed by atoms with Gasteiger partial charge in [0.2, 0.25) is 0 Å². The van der Waals surface area contributed by atoms with E-state index in [1.807, 2.05) is 32.3 Å². The number of hydrogen-bond donors (Lipinski definition) is 0. The van der Waals surface area contributed by atoms with Crippen LogP contribution in [0.25, 0.3) is 11.0 Å². The first-order valence-electron chi connectivity index (χ1n) is 13.9. The standard InChI is InChI=1S/C30H38FN3O4/c1-19-22(27(35)34-16-6-5-7-25(34)32-19)12-15-30(18-37-28(36)29(2,3)4)13-10-20(11-14-30)26-23-9-8-21(31)17-24(23)38-33-26/h8-9,17,20H,5-7,10-16,18H2,1-4H3. The maximum atomic E-state index is 13.6. The van der Waals surface area contributed by atoms with Gasteiger partial charge < -0.3 is 9.26 Å². The number of rotatable bonds is 6. The molecule has 3 heterocycles. The molecule has 5 rings (SSSR count). The number of halogens is 1. The minimum Gasteiger partial charge on any atom is -0.465 e. The second-order valence-corrected chi connectivity index (χ2v) is 12.3. The molecule has 2 aromatic heterocycles. The summed E-state index contributed by atoms with van der Waals surface area (Å²) in [6, 6.07) is 4.55. The fourth-order valence-corrected chi connectivity index (χ4v) is 6.04. The molecule has 1 aliphatic carbocycles. The summed E-state index contributed by atoms with van der Waals surface area (Å²) in [6.07, 6.45) is 7.68. The van der Waals surface area contributed by atoms with E-state index in [9.17, 15) is 14.0 Å². The van der Waals surface area contributed by atoms with E-state index in [0.717, 1.165) is 86.1 Å². The Morgan fingerprint density at radius 2 is 2.00 bits per heavy atom. The Morgan fingerprint density at radius 3 is 2.74 bits per heavy atom. The molecule has 1 saturated carbocycles. The van der Waals surface area contributed by atoms with Crippen LogP contribution in [0.1, 0.15) is 94.4 Å². The van der Waals surface area contributed by atoms with E-state index in [1.54, 1.807) is 6.07 Å². The lowest BCUT2D eigenvalue weighted by Gasteiger charge is -2.40. The Morgan fingerprint density at radius 1 is 1.24 bits per heavy atom. The normalized spacial score (nSPS) is 21.9. The molecule has 0 radical (unpaired) electrons. The van der Waals surface area contributed by atoms with E-state index in [0.29, 0.717) is 18.6 Å². The van der Waals surface area contributed by atoms with Crippen LogP contribution in [0.4, 0.5) is 4.39 Å². The van der Waals surface area contributed by atoms with Crippen molar-refractivity contribution in [2.45, 2.75) is 97.9 Å². The quantitative estimate of drug-likeness (QED) is 0.367. The van der Waals surface area contributed by atoms with Crippen LogP contribution in [0.3, 0.4) is 0 Å². The van der Waals surface area contributed by atoms with Crippen LogP contribution in [0.5, 0.6) is 0 Å². The number of aryl methyl sites for hydroxylation is 2. The van der Waals surface area contributed by atoms with Gasteiger partial charge in [-0.2, -0.15) is 0 Å². The topological polar surface area (TPSA) is 87.2 Å². The van der Waals surface area contributed by atoms with Crippen LogP contribution in [0.15, 0.2) is 27.5 Å². The zero-order valence-electron chi connectivity index (χ0n) is 22.9. The van der Waals surface area contributed by atoms with Gasteiger partial charge in [0.15, 0.2) is 5.58 Å². The molecule has 0 N–H and O–H groups in total. The number of carbonyl (C=O) groups excluding carboxylic acids is 1. The highest BCUT2D eigenvalue weighted by Crippen LogP contribution is 2.47. The van der Waals surface area contributed by atoms with Gasteiger partial charge in [0.05, 0.1) is 17.7 Å². The van der Waals surface area contributed by atoms with Gasteiger partial charge in [0.25, 0.3) is 5.56 Å². The van der Waals surface area contributed by atoms with Crippen molar-refractivity contribution in [2.24, 2.45) is 10.8 Å². The lowest BCUT2D eigenvalue weighted by atomic mass is 9.67. The van der Waals surface area contributed by atoms with E-state index >= 15 is 0 Å². The van der Waals surface area contributed by atoms with Crippen molar-refractivity contribution in [3.8, 4) is 0 Å². The van der Waals surface area contributed by atoms with E-state index in [2.05, 4.69) is 5.16 Å². The largest absolute Gasteiger partial charge is 0.465 e. The molecule has 3 aromatic rings. The fourth-order valence-electron chi connectivity index (χ4n) is 6.04. The Hall–Kier alpha value is -3.03. The summed E-state index contributed by atoms with van der Waals surface area (Å²) >= 11 is 0. The van der Waals surface area contributed by atoms with Gasteiger partial charge in [-0.1, -0.05) is 5.16 Å². The van der Waals surface area contributed by atoms with Crippen LogP contribution in [-0.4, -0.2) is 27.3 Å². The first-order valence-corrected chi connectivity index (χ1v) is 13.9. The van der Waals surface area contributed by atoms with Crippen molar-refractivity contribution < 1.29 is 18.4 Å². The maximum absolute atomic E-state index is 13.6. The highest BCUT2D eigenvalue weighted by Gasteiger charge is 2.39. The smallest absolute Gasteiger partial charge is 0.311 e. The molecule has 7 nitrogen and oxygen atoms in total. The van der Waals surface area contributed by atoms with Crippen LogP contribution in [-0.2, 0) is 28.9 Å². The number of hydrogen-bond acceptors (Lipinski definition) is 6. The molecular weight excluding hydrogens is 485 g/mol. The Balaban J connectivity index is 1.36. The van der Waals surface area contributed by atoms with Crippen LogP contribution in [0, 0.1) is 23.6 Å². The number of nitrogens with zero attached hydrogens (tertiary/aromatic N) is 3. The second kappa shape index (κ2) is 10.3. The van der Waals surface area contributed by atoms with E-state index in [4.69, 9.17) is 14.2 Å². The minimum atomic E-state index is -0.578. The highest BCUT2D eigenvalue weighted by atomic mass is 19.1. The minimum absolute atomic E-state index is 0.0871. The maximum Gasteiger partial charge on any atom is 0.311 e. The van der Waals surface area contributed by atoms with E-state index in [1.165, 1.54) is 12.1 Å². The lowest BCUT2D eigenvalue weighted by molar-refractivity contribution is -0.157. The van der Waals surface area contributed by atoms with Crippen molar-refractivity contribution in [1.29, 1.82) is 0 Å². The van der Waals surface area contributed by atoms with Crippen molar-refractivity contribution >= 4 is 16.9 Å². The third-order valence-corrected chi connectivity index (χ3v) is 8.50. The molecule has 0 atom stereocenters. The number of fused-ring (bicyclic) bond motifs is 2. The highest BCUT2D eigenvalue weighted by molar-refractivity contribution is 5.80. The van der Waals surface area contributed by atoms with Crippen molar-refractivity contribution in [1.82, 2.24) is 14.7 Å². The third-order valence-electron chi connectivity index (χ3n) is 8.50. The molecule has 0 unspecified atom stereocenters. The number of aromatic nitrogens is 3. The fraction of sp³-hybridized carbons (Fsp3) is 0.600. The van der Waals surface area contributed by atoms with Gasteiger partial charge in [-0.15, -0.1) is 0 Å². The van der Waals surface area contributed by atoms with Gasteiger partial charge in [0, 0.05) is 47.0 Å². The zero-order valence-corrected chi connectivity index (χ0v) is 22.9. The van der Waals surface area contributed by atoms with E-state index in [-0.39, 0.29) is 28.7 Å². The van der Waals surface area contributed by atoms with Gasteiger partial charge in [0.1, 0.15) is 11.6 Å². The molecule has 8 heteroatoms. The number of esters is 1. The van der Waals surface area contributed by atoms with Gasteiger partial charge in [-0.3, -0.25) is 14.2 Å². The second-order valence-electron chi connectivity index (χ2n) is 12.3. The first-order chi connectivity index (χ1) is 18.1. The summed E-state index contributed by atoms with van der Waals surface area (Å²) < 4.78 is 26.8. The molecule has 2 aliphatic rings. The zero-order chi connectivity index (χ0) is 27.1. The van der Waals surface area contributed by atoms with Crippen LogP contribution >= 0.6 is 0 Å². The van der Waals surface area contributed by atoms with Crippen molar-refractivity contribution in [2.75, 3.05) is 6.61 Å². The molecule has 1 fully saturated rings. The van der Waals surface area contributed by atoms with Crippen molar-refractivity contribution in [3.05, 3.63) is 57.1 Å². The van der Waals surface area contributed by atoms with E-state index < -0.39 is 5.41 Å². The Labute approximate surface area is 222 Å². The summed E-state index contributed by atoms with van der Waals surface area (Å²) in [6.45, 7) is 8.59. The summed E-state index contributed by atoms with van der Waals surface area (Å²) in [5, 5.41) is 5.15. The predicted molar refractivity (Wildman–Crippen MR) is 143 cm³/mol. The predicted octanol–water partition coefficient (Wildman–Crippen LogP) is 6.03. The van der Waals surface area contributed by atoms with Gasteiger partial charge in [-0.25, -0.2) is 9.37 Å². The number of ether oxygens (including phenoxy) is 1. The molecule has 1 aromatic carbocycles. The molecule has 0 spiro atoms. The van der Waals surface area contributed by atoms with Crippen LogP contribution in [0.2, 0.25) is 0 Å². The number of benzene rings is 1. The Bertz CT molecular complexity index is 1390. The summed E-state index contributed by atoms with van der Waals surface area (Å²) in [4.78, 5) is 30.8. The molecule has 204 valence electrons. The summed E-state index contributed by atoms with van der Waals surface area (Å²) in [5.41, 5.74) is 2.21. The average Bonchev–Trinajstić information content (AvgIpc) is 3.30. The first kappa shape index (κ1) is 26.6. The SMILES string of the molecule is Cc1nc2n(c(=O)c1CCC1(COC(=O)C(C)(C)C)CCC(c3noc4cc(F)ccc34)CC1)CCCC2. The summed E-state index contributed by atoms with van der Waals surface area (Å²) in [5.74, 6) is 0.532. The monoisotopic (exact) mass is 523 g/mol. The van der Waals surface area contributed by atoms with Crippen molar-refractivity contribution in [3.63, 3.8) is 0 Å². The lowest BCUT2D eigenvalue weighted by Crippen LogP contribution is -2.37. The molecule has 38 heavy (non-hydrogen) atoms. The molecular formula is C30H38FN3O4. The third kappa shape index (κ3) is 5.27. The Kier molecular flexibility index (Phi) is 7.18. The van der Waals surface area contributed by atoms with Crippen LogP contribution < -0.4 is 5.56 Å². The summed E-state index contributed by atoms with van der Waals surface area (Å²) in [7, 11) is 0. The van der Waals surface area contributed by atoms with Gasteiger partial charge >= 0.3 is 5.97 Å². The average molecular weight is 524 g/mol. The molecule has 0 amide bonds. The molecule has 0 bridgehead atoms. The molecule has 0 saturated heterocycles. The molecule has 1 aliphatic heterocycles. The number of carbonyl (C=O) groups is 1. The van der Waals surface area contributed by atoms with Gasteiger partial charge in [-0.05, 0) is 91.2 Å².